The molecule has 4 radical (unpaired) electrons. The molecule has 3 aromatic rings. The molecule has 0 aromatic heterocycles. The molecule has 5 rings (SSSR count). The van der Waals surface area contributed by atoms with E-state index in [1.54, 1.807) is 0 Å². The van der Waals surface area contributed by atoms with Crippen LogP contribution in [0.25, 0.3) is 11.4 Å². The summed E-state index contributed by atoms with van der Waals surface area (Å²) in [7, 11) is 12.6. The third-order valence-corrected chi connectivity index (χ3v) is 7.58. The summed E-state index contributed by atoms with van der Waals surface area (Å²) in [5.41, 5.74) is 3.11. The quantitative estimate of drug-likeness (QED) is 0.199. The molecule has 2 heterocycles. The van der Waals surface area contributed by atoms with Gasteiger partial charge in [-0.2, -0.15) is 13.2 Å². The van der Waals surface area contributed by atoms with E-state index in [4.69, 9.17) is 27.3 Å². The smallest absolute Gasteiger partial charge is 0.374 e. The van der Waals surface area contributed by atoms with Crippen LogP contribution in [0.3, 0.4) is 0 Å². The van der Waals surface area contributed by atoms with Gasteiger partial charge in [-0.3, -0.25) is 5.01 Å². The molecule has 5 nitrogen and oxygen atoms in total. The van der Waals surface area contributed by atoms with Crippen LogP contribution in [-0.4, -0.2) is 40.7 Å². The number of nitrogens with one attached hydrogen (secondary N) is 3. The second-order valence-electron chi connectivity index (χ2n) is 10.6. The summed E-state index contributed by atoms with van der Waals surface area (Å²) in [6, 6.07) is 6.19. The van der Waals surface area contributed by atoms with Crippen LogP contribution in [-0.2, 0) is 6.18 Å². The van der Waals surface area contributed by atoms with Gasteiger partial charge in [0, 0.05) is 44.4 Å². The fourth-order valence-electron chi connectivity index (χ4n) is 5.34. The molecule has 0 amide bonds. The minimum absolute atomic E-state index is 0.0860. The van der Waals surface area contributed by atoms with Crippen LogP contribution in [0.5, 0.6) is 0 Å². The number of benzene rings is 3. The van der Waals surface area contributed by atoms with Crippen molar-refractivity contribution >= 4 is 55.7 Å². The van der Waals surface area contributed by atoms with Crippen molar-refractivity contribution in [2.75, 3.05) is 28.4 Å². The second-order valence-corrected chi connectivity index (χ2v) is 11.0. The Morgan fingerprint density at radius 3 is 2.45 bits per heavy atom. The minimum atomic E-state index is -4.84. The highest BCUT2D eigenvalue weighted by Gasteiger charge is 2.41. The van der Waals surface area contributed by atoms with Crippen molar-refractivity contribution in [3.8, 4) is 0 Å². The Hall–Kier alpha value is -3.77. The maximum absolute atomic E-state index is 14.4. The molecule has 44 heavy (non-hydrogen) atoms. The van der Waals surface area contributed by atoms with E-state index in [1.165, 1.54) is 35.0 Å². The topological polar surface area (TPSA) is 42.6 Å². The van der Waals surface area contributed by atoms with Crippen molar-refractivity contribution in [3.05, 3.63) is 100 Å². The van der Waals surface area contributed by atoms with Crippen LogP contribution in [0.2, 0.25) is 5.02 Å². The normalized spacial score (nSPS) is 16.6. The van der Waals surface area contributed by atoms with Gasteiger partial charge in [0.25, 0.3) is 6.43 Å². The monoisotopic (exact) mass is 631 g/mol. The first-order valence-electron chi connectivity index (χ1n) is 13.1. The minimum Gasteiger partial charge on any atom is -0.374 e. The first kappa shape index (κ1) is 31.6. The number of hydrazine groups is 1. The van der Waals surface area contributed by atoms with Gasteiger partial charge in [0.15, 0.2) is 0 Å². The average molecular weight is 632 g/mol. The summed E-state index contributed by atoms with van der Waals surface area (Å²) in [4.78, 5) is 1.52. The maximum atomic E-state index is 14.4. The van der Waals surface area contributed by atoms with Crippen molar-refractivity contribution in [3.63, 3.8) is 0 Å². The maximum Gasteiger partial charge on any atom is 0.416 e. The zero-order valence-electron chi connectivity index (χ0n) is 23.1. The molecule has 0 spiro atoms. The van der Waals surface area contributed by atoms with Gasteiger partial charge >= 0.3 is 6.18 Å². The van der Waals surface area contributed by atoms with E-state index in [2.05, 4.69) is 29.2 Å². The van der Waals surface area contributed by atoms with Crippen LogP contribution >= 0.6 is 11.6 Å². The summed E-state index contributed by atoms with van der Waals surface area (Å²) in [6.45, 7) is 8.56. The van der Waals surface area contributed by atoms with Gasteiger partial charge in [0.1, 0.15) is 11.6 Å². The van der Waals surface area contributed by atoms with E-state index in [1.807, 2.05) is 0 Å². The third kappa shape index (κ3) is 5.97. The summed E-state index contributed by atoms with van der Waals surface area (Å²) in [5, 5.41) is 5.91. The lowest BCUT2D eigenvalue weighted by molar-refractivity contribution is -0.137. The lowest BCUT2D eigenvalue weighted by Crippen LogP contribution is -2.59. The second kappa shape index (κ2) is 11.3. The van der Waals surface area contributed by atoms with Crippen molar-refractivity contribution in [1.29, 1.82) is 0 Å². The largest absolute Gasteiger partial charge is 0.416 e. The Balaban J connectivity index is 1.76. The highest BCUT2D eigenvalue weighted by atomic mass is 35.5. The predicted molar refractivity (Wildman–Crippen MR) is 160 cm³/mol. The molecule has 0 bridgehead atoms. The molecule has 0 saturated heterocycles. The fraction of sp³-hybridized carbons (Fsp3) is 0.241. The number of halogens is 8. The summed E-state index contributed by atoms with van der Waals surface area (Å²) >= 11 is 6.47. The Kier molecular flexibility index (Phi) is 8.13. The molecule has 0 fully saturated rings. The molecule has 226 valence electrons. The molecule has 3 aromatic carbocycles. The lowest BCUT2D eigenvalue weighted by Gasteiger charge is -2.47. The Labute approximate surface area is 256 Å². The molecular weight excluding hydrogens is 608 g/mol. The van der Waals surface area contributed by atoms with Crippen molar-refractivity contribution in [2.24, 2.45) is 0 Å². The Morgan fingerprint density at radius 2 is 1.82 bits per heavy atom. The zero-order chi connectivity index (χ0) is 32.3. The van der Waals surface area contributed by atoms with E-state index in [-0.39, 0.29) is 45.6 Å². The standard InChI is InChI=1S/C29H23B2ClF7N5/c1-13(15-6-16(29(37,38)39)8-18(34)7-15)41-21-10-22-27(43(28(3,30)31)12-40-44(22)11-23(35)36)24-14(2)42-26(25(21)24)19-9-17(33)4-5-20(19)32/h4-10,23,26,40-42H,1-2,11-12H2,3H3. The predicted octanol–water partition coefficient (Wildman–Crippen LogP) is 6.75. The number of alkyl halides is 5. The first-order valence-corrected chi connectivity index (χ1v) is 13.4. The van der Waals surface area contributed by atoms with Gasteiger partial charge < -0.3 is 15.5 Å². The number of hydrogen-bond acceptors (Lipinski definition) is 5. The number of hydrogen-bond donors (Lipinski definition) is 3. The SMILES string of the molecule is [B]C([B])(C)N1CNN(CC(F)F)c2cc(NC(=C)c3cc(F)cc(C(F)(F)F)c3)c3c(c21)C(=C)NC3c1cc(F)ccc1Cl. The van der Waals surface area contributed by atoms with Crippen molar-refractivity contribution in [1.82, 2.24) is 10.7 Å². The van der Waals surface area contributed by atoms with Crippen molar-refractivity contribution in [2.45, 2.75) is 30.9 Å². The molecule has 15 heteroatoms. The molecular formula is C29H23B2ClF7N5. The Bertz CT molecular complexity index is 1660. The highest BCUT2D eigenvalue weighted by molar-refractivity contribution is 6.41. The fourth-order valence-corrected chi connectivity index (χ4v) is 5.57. The molecule has 1 unspecified atom stereocenters. The van der Waals surface area contributed by atoms with E-state index in [0.29, 0.717) is 22.9 Å². The molecule has 3 N–H and O–H groups in total. The van der Waals surface area contributed by atoms with Gasteiger partial charge in [-0.1, -0.05) is 31.7 Å². The van der Waals surface area contributed by atoms with E-state index < -0.39 is 47.7 Å². The zero-order valence-corrected chi connectivity index (χ0v) is 23.9. The van der Waals surface area contributed by atoms with Crippen LogP contribution in [0.1, 0.15) is 40.8 Å². The van der Waals surface area contributed by atoms with Crippen LogP contribution in [0.4, 0.5) is 47.8 Å². The third-order valence-electron chi connectivity index (χ3n) is 7.24. The number of anilines is 3. The van der Waals surface area contributed by atoms with Gasteiger partial charge in [-0.05, 0) is 47.8 Å². The van der Waals surface area contributed by atoms with Gasteiger partial charge in [-0.25, -0.2) is 23.0 Å². The molecule has 1 atom stereocenters. The van der Waals surface area contributed by atoms with Crippen LogP contribution in [0.15, 0.2) is 55.6 Å². The summed E-state index contributed by atoms with van der Waals surface area (Å²) in [6.07, 6.45) is -7.62. The Morgan fingerprint density at radius 1 is 1.11 bits per heavy atom. The molecule has 2 aliphatic rings. The van der Waals surface area contributed by atoms with Crippen LogP contribution in [0, 0.1) is 11.6 Å². The first-order chi connectivity index (χ1) is 20.5. The van der Waals surface area contributed by atoms with Crippen molar-refractivity contribution < 1.29 is 30.7 Å². The van der Waals surface area contributed by atoms with Crippen LogP contribution < -0.4 is 26.0 Å². The summed E-state index contributed by atoms with van der Waals surface area (Å²) < 4.78 is 96.5. The summed E-state index contributed by atoms with van der Waals surface area (Å²) in [5.74, 6) is -1.76. The average Bonchev–Trinajstić information content (AvgIpc) is 3.26. The highest BCUT2D eigenvalue weighted by Crippen LogP contribution is 2.52. The number of nitrogens with zero attached hydrogens (tertiary/aromatic N) is 2. The van der Waals surface area contributed by atoms with E-state index in [9.17, 15) is 30.7 Å². The van der Waals surface area contributed by atoms with Gasteiger partial charge in [-0.15, -0.1) is 0 Å². The number of fused-ring (bicyclic) bond motifs is 3. The van der Waals surface area contributed by atoms with E-state index >= 15 is 0 Å². The molecule has 0 saturated carbocycles. The van der Waals surface area contributed by atoms with E-state index in [0.717, 1.165) is 18.2 Å². The molecule has 0 aliphatic carbocycles. The van der Waals surface area contributed by atoms with Gasteiger partial charge in [0.2, 0.25) is 0 Å². The lowest BCUT2D eigenvalue weighted by atomic mass is 9.62. The molecule has 2 aliphatic heterocycles. The number of rotatable bonds is 7. The van der Waals surface area contributed by atoms with Gasteiger partial charge in [0.05, 0.1) is 51.9 Å².